The van der Waals surface area contributed by atoms with Gasteiger partial charge in [-0.1, -0.05) is 79.2 Å². The molecule has 4 heterocycles. The number of halogens is 15. The zero-order valence-electron chi connectivity index (χ0n) is 39.7. The van der Waals surface area contributed by atoms with Crippen molar-refractivity contribution in [3.63, 3.8) is 0 Å². The van der Waals surface area contributed by atoms with Gasteiger partial charge in [0.1, 0.15) is 21.5 Å². The van der Waals surface area contributed by atoms with Crippen molar-refractivity contribution in [2.24, 2.45) is 5.73 Å². The molecule has 0 spiro atoms. The predicted molar refractivity (Wildman–Crippen MR) is 410 cm³/mol. The number of benzene rings is 2. The molecule has 0 saturated heterocycles. The molecule has 4 atom stereocenters. The van der Waals surface area contributed by atoms with Gasteiger partial charge < -0.3 is 25.4 Å². The summed E-state index contributed by atoms with van der Waals surface area (Å²) in [6.07, 6.45) is 1.74. The Balaban J connectivity index is 0.000000369. The minimum absolute atomic E-state index is 0. The van der Waals surface area contributed by atoms with Crippen LogP contribution in [0.2, 0.25) is 10.3 Å². The standard InChI is InChI=1S/C23H27ClN2O4.C16H24N2O3.C6H3Cl2NO.CH4.I12/c1-23(2,3)30-22(29)26-14-17-7-5-4-6-15(17)12-18(26)20(28)10-9-19(27)16-8-11-21(24)25-13-16;1-16(2,3)21-15(20)18-10-12-7-5-4-6-11(12)8-13(18)14(19)9-17;7-5-2-1-4(3-9-5)6(8)10;;1-8(2)10(5)12(7)11(6)9(3)4/h4-8,11,13,18,20,28H,9-10,12,14H2,1-3H3;4-7,13-14,19H,8-10,17H2,1-3H3;1-3H;1H4;/t18-,20+;13-,14+;;;/m00.../s1. The maximum absolute atomic E-state index is 12.8. The molecule has 6 rings (SSSR count). The topological polar surface area (TPSA) is 185 Å². The Bertz CT molecular complexity index is 2400. The molecular formula is C46H58Cl3I12N5O8. The van der Waals surface area contributed by atoms with Crippen LogP contribution in [0, 0.1) is 0 Å². The van der Waals surface area contributed by atoms with Crippen molar-refractivity contribution >= 4 is 228 Å². The summed E-state index contributed by atoms with van der Waals surface area (Å²) in [6, 6.07) is 21.2. The van der Waals surface area contributed by atoms with E-state index in [2.05, 4.69) is 140 Å². The van der Waals surface area contributed by atoms with Gasteiger partial charge in [0.25, 0.3) is 5.24 Å². The van der Waals surface area contributed by atoms with Crippen molar-refractivity contribution in [2.45, 2.75) is 123 Å². The molecule has 2 amide bonds. The van der Waals surface area contributed by atoms with Crippen molar-refractivity contribution < 1.29 is 38.9 Å². The van der Waals surface area contributed by atoms with E-state index in [0.29, 0.717) is 47.4 Å². The second-order valence-corrected chi connectivity index (χ2v) is 262. The second-order valence-electron chi connectivity index (χ2n) is 17.5. The van der Waals surface area contributed by atoms with Gasteiger partial charge in [0, 0.05) is 44.0 Å². The molecule has 0 radical (unpaired) electrons. The summed E-state index contributed by atoms with van der Waals surface area (Å²) < 4.78 is 11.0. The Labute approximate surface area is 539 Å². The van der Waals surface area contributed by atoms with Crippen molar-refractivity contribution in [3.05, 3.63) is 129 Å². The number of ether oxygens (including phenoxy) is 2. The fourth-order valence-corrected chi connectivity index (χ4v) is 1260. The third kappa shape index (κ3) is 26.6. The summed E-state index contributed by atoms with van der Waals surface area (Å²) in [4.78, 5) is 58.9. The number of amides is 2. The monoisotopic (exact) mass is 2440 g/mol. The Morgan fingerprint density at radius 2 is 1.03 bits per heavy atom. The van der Waals surface area contributed by atoms with Crippen LogP contribution >= 0.6 is 205 Å². The van der Waals surface area contributed by atoms with E-state index < -0.39 is 46.9 Å². The van der Waals surface area contributed by atoms with E-state index in [-0.39, 0.29) is 78.1 Å². The summed E-state index contributed by atoms with van der Waals surface area (Å²) in [5, 5.41) is 21.2. The molecule has 0 fully saturated rings. The van der Waals surface area contributed by atoms with E-state index in [0.717, 1.165) is 22.3 Å². The Morgan fingerprint density at radius 1 is 0.649 bits per heavy atom. The van der Waals surface area contributed by atoms with Gasteiger partial charge in [-0.05, 0) is 119 Å². The van der Waals surface area contributed by atoms with Gasteiger partial charge in [0.05, 0.1) is 29.9 Å². The molecule has 0 unspecified atom stereocenters. The number of carbonyl (C=O) groups excluding carboxylic acids is 4. The number of fused-ring (bicyclic) bond motifs is 2. The van der Waals surface area contributed by atoms with Gasteiger partial charge in [-0.3, -0.25) is 19.4 Å². The minimum atomic E-state index is -0.866. The number of carbonyl (C=O) groups is 4. The van der Waals surface area contributed by atoms with Crippen LogP contribution in [0.3, 0.4) is 0 Å². The molecule has 0 bridgehead atoms. The first-order chi connectivity index (χ1) is 34.0. The zero-order valence-corrected chi connectivity index (χ0v) is 67.9. The summed E-state index contributed by atoms with van der Waals surface area (Å²) in [7, 11) is -1.71. The molecule has 74 heavy (non-hydrogen) atoms. The first-order valence-electron chi connectivity index (χ1n) is 21.4. The Hall–Kier alpha value is 4.13. The van der Waals surface area contributed by atoms with Crippen molar-refractivity contribution in [3.8, 4) is 0 Å². The molecule has 28 heteroatoms. The van der Waals surface area contributed by atoms with Crippen LogP contribution < -0.4 is 5.73 Å². The van der Waals surface area contributed by atoms with E-state index in [4.69, 9.17) is 50.0 Å². The minimum Gasteiger partial charge on any atom is -0.276 e. The molecule has 4 aromatic rings. The number of Topliss-reactive ketones (excluding diaryl/α,β-unsaturated/α-hetero) is 1. The fraction of sp³-hybridized carbons (Fsp3) is 0.435. The van der Waals surface area contributed by atoms with Crippen LogP contribution in [-0.2, 0) is 35.4 Å². The average Bonchev–Trinajstić information content (AvgIpc) is 3.33. The van der Waals surface area contributed by atoms with Gasteiger partial charge >= 0.3 is 182 Å². The molecule has 2 aliphatic heterocycles. The number of ketones is 1. The SMILES string of the molecule is C.CC(C)(C)OC(=O)N1Cc2ccccc2C[C@H]1[C@H](O)CCC(=O)c1ccc(Cl)nc1.CC(C)(C)OC(=O)N1Cc2ccccc2C[C@H]1[C@H](O)CN.II(I)I(I)I(I)I(I)I(I)I.O=C(Cl)c1ccc(Cl)nc1. The number of hydrogen-bond donors (Lipinski definition) is 3. The van der Waals surface area contributed by atoms with Gasteiger partial charge in [-0.2, -0.15) is 0 Å². The quantitative estimate of drug-likeness (QED) is 0.0530. The second kappa shape index (κ2) is 36.9. The summed E-state index contributed by atoms with van der Waals surface area (Å²) in [6.45, 7) is 11.8. The molecule has 2 aliphatic rings. The number of hydrogen-bond acceptors (Lipinski definition) is 11. The fourth-order valence-electron chi connectivity index (χ4n) is 6.72. The van der Waals surface area contributed by atoms with Crippen LogP contribution in [0.4, 0.5) is 9.59 Å². The number of pyridine rings is 2. The molecule has 2 aromatic carbocycles. The van der Waals surface area contributed by atoms with Gasteiger partial charge in [0.2, 0.25) is 0 Å². The van der Waals surface area contributed by atoms with Crippen LogP contribution in [0.25, 0.3) is 0 Å². The summed E-state index contributed by atoms with van der Waals surface area (Å²) in [5.41, 5.74) is 9.55. The van der Waals surface area contributed by atoms with Crippen LogP contribution in [-0.4, -0.2) is 95.2 Å². The van der Waals surface area contributed by atoms with Gasteiger partial charge in [-0.15, -0.1) is 0 Å². The molecular weight excluding hydrogens is 2380 g/mol. The number of rotatable bonds is 12. The Morgan fingerprint density at radius 3 is 1.36 bits per heavy atom. The number of aromatic nitrogens is 2. The maximum Gasteiger partial charge on any atom is 0.253 e. The van der Waals surface area contributed by atoms with Crippen molar-refractivity contribution in [1.29, 1.82) is 0 Å². The van der Waals surface area contributed by atoms with Crippen molar-refractivity contribution in [2.75, 3.05) is 6.54 Å². The Kier molecular flexibility index (Phi) is 37.0. The third-order valence-electron chi connectivity index (χ3n) is 9.96. The van der Waals surface area contributed by atoms with Gasteiger partial charge in [0.15, 0.2) is 5.78 Å². The zero-order chi connectivity index (χ0) is 55.0. The summed E-state index contributed by atoms with van der Waals surface area (Å²) >= 11 is 36.4. The van der Waals surface area contributed by atoms with E-state index in [1.807, 2.05) is 90.1 Å². The van der Waals surface area contributed by atoms with Crippen LogP contribution in [0.15, 0.2) is 85.2 Å². The number of nitrogens with zero attached hydrogens (tertiary/aromatic N) is 4. The van der Waals surface area contributed by atoms with E-state index in [9.17, 15) is 29.4 Å². The van der Waals surface area contributed by atoms with Crippen LogP contribution in [0.1, 0.15) is 105 Å². The van der Waals surface area contributed by atoms with E-state index in [1.165, 1.54) is 24.5 Å². The smallest absolute Gasteiger partial charge is 0.253 e. The normalized spacial score (nSPS) is 16.6. The predicted octanol–water partition coefficient (Wildman–Crippen LogP) is 19.5. The summed E-state index contributed by atoms with van der Waals surface area (Å²) in [5.74, 6) is -0.127. The average molecular weight is 2440 g/mol. The van der Waals surface area contributed by atoms with Crippen molar-refractivity contribution in [1.82, 2.24) is 19.8 Å². The maximum atomic E-state index is 12.8. The van der Waals surface area contributed by atoms with Crippen LogP contribution in [0.5, 0.6) is 0 Å². The molecule has 2 aromatic heterocycles. The number of nitrogens with two attached hydrogens (primary N) is 1. The van der Waals surface area contributed by atoms with E-state index in [1.54, 1.807) is 21.9 Å². The molecule has 0 aliphatic carbocycles. The molecule has 0 saturated carbocycles. The number of aliphatic hydroxyl groups excluding tert-OH is 2. The van der Waals surface area contributed by atoms with E-state index >= 15 is 0 Å². The first-order valence-corrected chi connectivity index (χ1v) is 91.7. The van der Waals surface area contributed by atoms with Gasteiger partial charge in [-0.25, -0.2) is 19.6 Å². The molecule has 13 nitrogen and oxygen atoms in total. The molecule has 4 N–H and O–H groups in total. The largest absolute Gasteiger partial charge is 0.276 e. The third-order valence-corrected chi connectivity index (χ3v) is 672. The molecule has 420 valence electrons. The number of aliphatic hydroxyl groups is 2. The first kappa shape index (κ1) is 74.2.